The van der Waals surface area contributed by atoms with Crippen LogP contribution in [0.1, 0.15) is 47.6 Å². The molecule has 1 aromatic heterocycles. The Hall–Kier alpha value is -4.24. The van der Waals surface area contributed by atoms with Gasteiger partial charge in [-0.05, 0) is 60.2 Å². The Kier molecular flexibility index (Phi) is 8.35. The zero-order valence-corrected chi connectivity index (χ0v) is 24.6. The second-order valence-electron chi connectivity index (χ2n) is 9.92. The van der Waals surface area contributed by atoms with Gasteiger partial charge in [0.05, 0.1) is 34.0 Å². The molecule has 3 aromatic rings. The average Bonchev–Trinajstić information content (AvgIpc) is 3.54. The first kappa shape index (κ1) is 28.3. The summed E-state index contributed by atoms with van der Waals surface area (Å²) in [5.41, 5.74) is 3.89. The van der Waals surface area contributed by atoms with Gasteiger partial charge in [-0.2, -0.15) is 0 Å². The van der Waals surface area contributed by atoms with Crippen LogP contribution in [0.2, 0.25) is 0 Å². The van der Waals surface area contributed by atoms with Crippen molar-refractivity contribution < 1.29 is 33.3 Å². The van der Waals surface area contributed by atoms with Crippen molar-refractivity contribution in [1.29, 1.82) is 0 Å². The van der Waals surface area contributed by atoms with E-state index in [2.05, 4.69) is 11.4 Å². The smallest absolute Gasteiger partial charge is 0.337 e. The van der Waals surface area contributed by atoms with E-state index in [1.54, 1.807) is 30.6 Å². The quantitative estimate of drug-likeness (QED) is 0.316. The van der Waals surface area contributed by atoms with Crippen LogP contribution in [-0.2, 0) is 20.9 Å². The Morgan fingerprint density at radius 1 is 0.951 bits per heavy atom. The third-order valence-electron chi connectivity index (χ3n) is 7.54. The minimum absolute atomic E-state index is 0.0103. The second-order valence-corrected chi connectivity index (χ2v) is 10.9. The van der Waals surface area contributed by atoms with Crippen LogP contribution in [0, 0.1) is 0 Å². The van der Waals surface area contributed by atoms with E-state index in [0.717, 1.165) is 11.3 Å². The molecule has 2 aliphatic rings. The first-order valence-electron chi connectivity index (χ1n) is 13.3. The summed E-state index contributed by atoms with van der Waals surface area (Å²) in [6.45, 7) is 1.92. The molecule has 0 fully saturated rings. The van der Waals surface area contributed by atoms with E-state index < -0.39 is 11.9 Å². The van der Waals surface area contributed by atoms with Crippen LogP contribution in [0.4, 0.5) is 0 Å². The maximum absolute atomic E-state index is 13.9. The molecule has 0 bridgehead atoms. The van der Waals surface area contributed by atoms with E-state index in [0.29, 0.717) is 58.2 Å². The molecular formula is C32H33NO7S. The lowest BCUT2D eigenvalue weighted by molar-refractivity contribution is -0.140. The lowest BCUT2D eigenvalue weighted by Gasteiger charge is -2.36. The van der Waals surface area contributed by atoms with Crippen LogP contribution < -0.4 is 24.3 Å². The summed E-state index contributed by atoms with van der Waals surface area (Å²) in [5, 5.41) is 5.43. The van der Waals surface area contributed by atoms with E-state index in [-0.39, 0.29) is 18.3 Å². The van der Waals surface area contributed by atoms with Gasteiger partial charge in [0, 0.05) is 40.1 Å². The second kappa shape index (κ2) is 12.1. The van der Waals surface area contributed by atoms with Crippen LogP contribution in [0.25, 0.3) is 0 Å². The molecular weight excluding hydrogens is 542 g/mol. The first-order chi connectivity index (χ1) is 19.9. The Morgan fingerprint density at radius 3 is 2.24 bits per heavy atom. The normalized spacial score (nSPS) is 18.4. The monoisotopic (exact) mass is 575 g/mol. The topological polar surface area (TPSA) is 92.3 Å². The molecule has 2 aromatic carbocycles. The molecule has 0 saturated heterocycles. The Labute approximate surface area is 243 Å². The average molecular weight is 576 g/mol. The molecule has 2 heterocycles. The minimum Gasteiger partial charge on any atom is -0.497 e. The molecule has 5 rings (SSSR count). The van der Waals surface area contributed by atoms with Gasteiger partial charge >= 0.3 is 5.97 Å². The number of rotatable bonds is 9. The number of methoxy groups -OCH3 is 4. The number of carbonyl (C=O) groups is 2. The van der Waals surface area contributed by atoms with Crippen LogP contribution >= 0.6 is 11.3 Å². The van der Waals surface area contributed by atoms with Crippen LogP contribution in [0.3, 0.4) is 0 Å². The molecule has 1 N–H and O–H groups in total. The fourth-order valence-electron chi connectivity index (χ4n) is 5.58. The van der Waals surface area contributed by atoms with Crippen molar-refractivity contribution in [2.75, 3.05) is 28.4 Å². The number of ketones is 1. The van der Waals surface area contributed by atoms with Crippen molar-refractivity contribution in [2.24, 2.45) is 0 Å². The van der Waals surface area contributed by atoms with Gasteiger partial charge in [0.2, 0.25) is 5.75 Å². The molecule has 2 atom stereocenters. The molecule has 0 unspecified atom stereocenters. The fraction of sp³-hybridized carbons (Fsp3) is 0.312. The number of thiophene rings is 1. The molecule has 1 aliphatic heterocycles. The number of allylic oxidation sites excluding steroid dienone is 3. The molecule has 0 radical (unpaired) electrons. The molecule has 214 valence electrons. The summed E-state index contributed by atoms with van der Waals surface area (Å²) >= 11 is 1.65. The summed E-state index contributed by atoms with van der Waals surface area (Å²) in [4.78, 5) is 28.9. The fourth-order valence-corrected chi connectivity index (χ4v) is 6.41. The van der Waals surface area contributed by atoms with E-state index in [1.807, 2.05) is 42.6 Å². The highest BCUT2D eigenvalue weighted by atomic mass is 32.1. The highest BCUT2D eigenvalue weighted by molar-refractivity contribution is 7.10. The van der Waals surface area contributed by atoms with Crippen molar-refractivity contribution in [3.05, 3.63) is 92.5 Å². The van der Waals surface area contributed by atoms with Gasteiger partial charge in [0.25, 0.3) is 0 Å². The Morgan fingerprint density at radius 2 is 1.66 bits per heavy atom. The van der Waals surface area contributed by atoms with Gasteiger partial charge in [-0.25, -0.2) is 4.79 Å². The van der Waals surface area contributed by atoms with E-state index >= 15 is 0 Å². The summed E-state index contributed by atoms with van der Waals surface area (Å²) in [7, 11) is 6.21. The third-order valence-corrected chi connectivity index (χ3v) is 8.58. The highest BCUT2D eigenvalue weighted by Gasteiger charge is 2.42. The van der Waals surface area contributed by atoms with Gasteiger partial charge in [-0.15, -0.1) is 11.3 Å². The maximum atomic E-state index is 13.9. The SMILES string of the molecule is COc1ccc(COC(=O)C2=C(C)NC3=C(C(=O)C[C@H](c4cccs4)C3)[C@H]2c2cc(OC)c(OC)c(OC)c2)cc1. The number of carbonyl (C=O) groups excluding carboxylic acids is 2. The number of esters is 1. The molecule has 0 spiro atoms. The molecule has 41 heavy (non-hydrogen) atoms. The standard InChI is InChI=1S/C32H33NO7S/c1-18-28(32(35)40-17-19-8-10-22(36-2)11-9-19)29(21-15-25(37-3)31(39-5)26(16-21)38-4)30-23(33-18)13-20(14-24(30)34)27-7-6-12-41-27/h6-12,15-16,20,29,33H,13-14,17H2,1-5H3/t20-,29+/m1/s1. The maximum Gasteiger partial charge on any atom is 0.337 e. The highest BCUT2D eigenvalue weighted by Crippen LogP contribution is 2.49. The van der Waals surface area contributed by atoms with Crippen molar-refractivity contribution in [2.45, 2.75) is 38.2 Å². The van der Waals surface area contributed by atoms with Gasteiger partial charge < -0.3 is 29.0 Å². The van der Waals surface area contributed by atoms with Crippen LogP contribution in [-0.4, -0.2) is 40.2 Å². The van der Waals surface area contributed by atoms with Crippen molar-refractivity contribution in [3.8, 4) is 23.0 Å². The van der Waals surface area contributed by atoms with Crippen LogP contribution in [0.5, 0.6) is 23.0 Å². The zero-order valence-electron chi connectivity index (χ0n) is 23.7. The molecule has 0 amide bonds. The molecule has 1 aliphatic carbocycles. The van der Waals surface area contributed by atoms with E-state index in [4.69, 9.17) is 23.7 Å². The number of dihydropyridines is 1. The summed E-state index contributed by atoms with van der Waals surface area (Å²) in [6.07, 6.45) is 1.02. The number of hydrogen-bond acceptors (Lipinski definition) is 9. The third kappa shape index (κ3) is 5.54. The lowest BCUT2D eigenvalue weighted by Crippen LogP contribution is -2.36. The summed E-state index contributed by atoms with van der Waals surface area (Å²) in [6, 6.07) is 15.0. The number of hydrogen-bond donors (Lipinski definition) is 1. The number of ether oxygens (including phenoxy) is 5. The van der Waals surface area contributed by atoms with Crippen LogP contribution in [0.15, 0.2) is 76.5 Å². The number of Topliss-reactive ketones (excluding diaryl/α,β-unsaturated/α-hetero) is 1. The number of nitrogens with one attached hydrogen (secondary N) is 1. The largest absolute Gasteiger partial charge is 0.497 e. The predicted octanol–water partition coefficient (Wildman–Crippen LogP) is 5.89. The van der Waals surface area contributed by atoms with Gasteiger partial charge in [-0.3, -0.25) is 4.79 Å². The van der Waals surface area contributed by atoms with E-state index in [1.165, 1.54) is 26.2 Å². The molecule has 8 nitrogen and oxygen atoms in total. The molecule has 9 heteroatoms. The summed E-state index contributed by atoms with van der Waals surface area (Å²) < 4.78 is 27.8. The molecule has 0 saturated carbocycles. The summed E-state index contributed by atoms with van der Waals surface area (Å²) in [5.74, 6) is 0.892. The van der Waals surface area contributed by atoms with Crippen molar-refractivity contribution in [1.82, 2.24) is 5.32 Å². The van der Waals surface area contributed by atoms with Gasteiger partial charge in [0.1, 0.15) is 12.4 Å². The Balaban J connectivity index is 1.56. The van der Waals surface area contributed by atoms with E-state index in [9.17, 15) is 9.59 Å². The predicted molar refractivity (Wildman–Crippen MR) is 156 cm³/mol. The number of benzene rings is 2. The van der Waals surface area contributed by atoms with Crippen molar-refractivity contribution >= 4 is 23.1 Å². The lowest BCUT2D eigenvalue weighted by atomic mass is 9.72. The zero-order chi connectivity index (χ0) is 29.1. The first-order valence-corrected chi connectivity index (χ1v) is 14.1. The van der Waals surface area contributed by atoms with Gasteiger partial charge in [0.15, 0.2) is 17.3 Å². The Bertz CT molecular complexity index is 1480. The van der Waals surface area contributed by atoms with Crippen molar-refractivity contribution in [3.63, 3.8) is 0 Å². The van der Waals surface area contributed by atoms with Gasteiger partial charge in [-0.1, -0.05) is 18.2 Å². The minimum atomic E-state index is -0.680.